The first-order valence-electron chi connectivity index (χ1n) is 9.26. The molecule has 1 aliphatic heterocycles. The fourth-order valence-electron chi connectivity index (χ4n) is 3.06. The van der Waals surface area contributed by atoms with Crippen LogP contribution in [0.15, 0.2) is 29.9 Å². The van der Waals surface area contributed by atoms with Gasteiger partial charge >= 0.3 is 0 Å². The SMILES string of the molecule is CC(C)(C)c1nc(CN2CCN(C(=O)CCc3cccnc3)CC2)cs1. The quantitative estimate of drug-likeness (QED) is 0.809. The molecule has 3 heterocycles. The van der Waals surface area contributed by atoms with Gasteiger partial charge in [-0.15, -0.1) is 11.3 Å². The van der Waals surface area contributed by atoms with Gasteiger partial charge in [0, 0.05) is 62.3 Å². The standard InChI is InChI=1S/C20H28N4OS/c1-20(2,3)19-22-17(15-26-19)14-23-9-11-24(12-10-23)18(25)7-6-16-5-4-8-21-13-16/h4-5,8,13,15H,6-7,9-12,14H2,1-3H3. The van der Waals surface area contributed by atoms with E-state index in [1.165, 1.54) is 5.01 Å². The van der Waals surface area contributed by atoms with Gasteiger partial charge in [0.15, 0.2) is 0 Å². The van der Waals surface area contributed by atoms with Gasteiger partial charge in [0.05, 0.1) is 10.7 Å². The van der Waals surface area contributed by atoms with Crippen LogP contribution in [-0.2, 0) is 23.2 Å². The van der Waals surface area contributed by atoms with Crippen molar-refractivity contribution in [1.29, 1.82) is 0 Å². The van der Waals surface area contributed by atoms with Gasteiger partial charge < -0.3 is 4.90 Å². The number of hydrogen-bond donors (Lipinski definition) is 0. The topological polar surface area (TPSA) is 49.3 Å². The summed E-state index contributed by atoms with van der Waals surface area (Å²) >= 11 is 1.75. The molecule has 5 nitrogen and oxygen atoms in total. The van der Waals surface area contributed by atoms with Crippen molar-refractivity contribution in [3.05, 3.63) is 46.2 Å². The fraction of sp³-hybridized carbons (Fsp3) is 0.550. The number of aryl methyl sites for hydroxylation is 1. The molecule has 1 amide bonds. The third-order valence-electron chi connectivity index (χ3n) is 4.65. The highest BCUT2D eigenvalue weighted by Crippen LogP contribution is 2.26. The molecule has 0 unspecified atom stereocenters. The number of carbonyl (C=O) groups is 1. The van der Waals surface area contributed by atoms with Crippen LogP contribution in [0.5, 0.6) is 0 Å². The summed E-state index contributed by atoms with van der Waals surface area (Å²) in [5.74, 6) is 0.247. The van der Waals surface area contributed by atoms with E-state index in [0.717, 1.165) is 50.4 Å². The Kier molecular flexibility index (Phi) is 6.04. The summed E-state index contributed by atoms with van der Waals surface area (Å²) in [5, 5.41) is 3.36. The van der Waals surface area contributed by atoms with Crippen LogP contribution in [0.2, 0.25) is 0 Å². The lowest BCUT2D eigenvalue weighted by Crippen LogP contribution is -2.48. The Morgan fingerprint density at radius 1 is 1.23 bits per heavy atom. The third kappa shape index (κ3) is 5.11. The molecule has 1 fully saturated rings. The van der Waals surface area contributed by atoms with E-state index in [-0.39, 0.29) is 11.3 Å². The number of piperazine rings is 1. The molecule has 2 aromatic rings. The number of pyridine rings is 1. The summed E-state index contributed by atoms with van der Waals surface area (Å²) in [7, 11) is 0. The smallest absolute Gasteiger partial charge is 0.222 e. The Balaban J connectivity index is 1.43. The van der Waals surface area contributed by atoms with Crippen molar-refractivity contribution in [3.63, 3.8) is 0 Å². The molecule has 0 aromatic carbocycles. The zero-order valence-electron chi connectivity index (χ0n) is 15.9. The maximum atomic E-state index is 12.4. The minimum absolute atomic E-state index is 0.113. The first-order valence-corrected chi connectivity index (χ1v) is 10.1. The number of rotatable bonds is 5. The van der Waals surface area contributed by atoms with Crippen LogP contribution in [0.3, 0.4) is 0 Å². The van der Waals surface area contributed by atoms with Crippen LogP contribution >= 0.6 is 11.3 Å². The van der Waals surface area contributed by atoms with Crippen molar-refractivity contribution < 1.29 is 4.79 Å². The Morgan fingerprint density at radius 2 is 2.00 bits per heavy atom. The Bertz CT molecular complexity index is 715. The van der Waals surface area contributed by atoms with Gasteiger partial charge in [-0.05, 0) is 18.1 Å². The largest absolute Gasteiger partial charge is 0.340 e. The minimum Gasteiger partial charge on any atom is -0.340 e. The van der Waals surface area contributed by atoms with Crippen molar-refractivity contribution >= 4 is 17.2 Å². The highest BCUT2D eigenvalue weighted by atomic mass is 32.1. The average Bonchev–Trinajstić information content (AvgIpc) is 3.10. The molecule has 0 aliphatic carbocycles. The van der Waals surface area contributed by atoms with Crippen molar-refractivity contribution in [1.82, 2.24) is 19.8 Å². The highest BCUT2D eigenvalue weighted by Gasteiger charge is 2.23. The van der Waals surface area contributed by atoms with Crippen LogP contribution in [0.4, 0.5) is 0 Å². The van der Waals surface area contributed by atoms with Crippen LogP contribution in [0.25, 0.3) is 0 Å². The van der Waals surface area contributed by atoms with Gasteiger partial charge in [0.1, 0.15) is 0 Å². The predicted molar refractivity (Wildman–Crippen MR) is 105 cm³/mol. The lowest BCUT2D eigenvalue weighted by atomic mass is 9.98. The van der Waals surface area contributed by atoms with E-state index < -0.39 is 0 Å². The second-order valence-corrected chi connectivity index (χ2v) is 8.77. The van der Waals surface area contributed by atoms with E-state index >= 15 is 0 Å². The highest BCUT2D eigenvalue weighted by molar-refractivity contribution is 7.09. The molecule has 2 aromatic heterocycles. The number of aromatic nitrogens is 2. The Hall–Kier alpha value is -1.79. The normalized spacial score (nSPS) is 16.0. The molecule has 0 N–H and O–H groups in total. The summed E-state index contributed by atoms with van der Waals surface area (Å²) < 4.78 is 0. The van der Waals surface area contributed by atoms with Crippen molar-refractivity contribution in [2.24, 2.45) is 0 Å². The number of carbonyl (C=O) groups excluding carboxylic acids is 1. The van der Waals surface area contributed by atoms with E-state index in [0.29, 0.717) is 6.42 Å². The van der Waals surface area contributed by atoms with Gasteiger partial charge in [-0.2, -0.15) is 0 Å². The zero-order valence-corrected chi connectivity index (χ0v) is 16.8. The Labute approximate surface area is 160 Å². The van der Waals surface area contributed by atoms with Gasteiger partial charge in [-0.1, -0.05) is 26.8 Å². The first kappa shape index (κ1) is 19.0. The molecule has 1 aliphatic rings. The van der Waals surface area contributed by atoms with Gasteiger partial charge in [-0.25, -0.2) is 4.98 Å². The molecule has 1 saturated heterocycles. The monoisotopic (exact) mass is 372 g/mol. The summed E-state index contributed by atoms with van der Waals surface area (Å²) in [4.78, 5) is 25.7. The van der Waals surface area contributed by atoms with E-state index in [1.54, 1.807) is 17.5 Å². The molecular weight excluding hydrogens is 344 g/mol. The molecule has 0 saturated carbocycles. The average molecular weight is 373 g/mol. The maximum absolute atomic E-state index is 12.4. The molecule has 0 bridgehead atoms. The molecule has 0 radical (unpaired) electrons. The first-order chi connectivity index (χ1) is 12.4. The maximum Gasteiger partial charge on any atom is 0.222 e. The number of hydrogen-bond acceptors (Lipinski definition) is 5. The van der Waals surface area contributed by atoms with Crippen LogP contribution in [0, 0.1) is 0 Å². The summed E-state index contributed by atoms with van der Waals surface area (Å²) in [5.41, 5.74) is 2.39. The van der Waals surface area contributed by atoms with Crippen molar-refractivity contribution in [2.75, 3.05) is 26.2 Å². The molecule has 3 rings (SSSR count). The molecule has 0 spiro atoms. The van der Waals surface area contributed by atoms with Crippen LogP contribution in [0.1, 0.15) is 43.5 Å². The van der Waals surface area contributed by atoms with Gasteiger partial charge in [-0.3, -0.25) is 14.7 Å². The molecular formula is C20H28N4OS. The lowest BCUT2D eigenvalue weighted by Gasteiger charge is -2.34. The van der Waals surface area contributed by atoms with E-state index in [2.05, 4.69) is 36.0 Å². The predicted octanol–water partition coefficient (Wildman–Crippen LogP) is 3.11. The number of thiazole rings is 1. The van der Waals surface area contributed by atoms with E-state index in [9.17, 15) is 4.79 Å². The van der Waals surface area contributed by atoms with E-state index in [1.807, 2.05) is 23.2 Å². The second kappa shape index (κ2) is 8.27. The molecule has 140 valence electrons. The fourth-order valence-corrected chi connectivity index (χ4v) is 3.96. The van der Waals surface area contributed by atoms with Crippen molar-refractivity contribution in [2.45, 2.75) is 45.6 Å². The zero-order chi connectivity index (χ0) is 18.6. The molecule has 26 heavy (non-hydrogen) atoms. The van der Waals surface area contributed by atoms with Crippen LogP contribution in [-0.4, -0.2) is 51.9 Å². The summed E-state index contributed by atoms with van der Waals surface area (Å²) in [6.45, 7) is 10.9. The molecule has 0 atom stereocenters. The van der Waals surface area contributed by atoms with Crippen LogP contribution < -0.4 is 0 Å². The van der Waals surface area contributed by atoms with E-state index in [4.69, 9.17) is 4.98 Å². The number of amides is 1. The Morgan fingerprint density at radius 3 is 2.62 bits per heavy atom. The van der Waals surface area contributed by atoms with Gasteiger partial charge in [0.2, 0.25) is 5.91 Å². The third-order valence-corrected chi connectivity index (χ3v) is 5.97. The molecule has 6 heteroatoms. The van der Waals surface area contributed by atoms with Gasteiger partial charge in [0.25, 0.3) is 0 Å². The summed E-state index contributed by atoms with van der Waals surface area (Å²) in [6.07, 6.45) is 4.93. The lowest BCUT2D eigenvalue weighted by molar-refractivity contribution is -0.133. The number of nitrogens with zero attached hydrogens (tertiary/aromatic N) is 4. The minimum atomic E-state index is 0.113. The second-order valence-electron chi connectivity index (χ2n) is 7.91. The van der Waals surface area contributed by atoms with Crippen molar-refractivity contribution in [3.8, 4) is 0 Å². The summed E-state index contributed by atoms with van der Waals surface area (Å²) in [6, 6.07) is 3.94.